The van der Waals surface area contributed by atoms with Crippen LogP contribution in [-0.2, 0) is 0 Å². The highest BCUT2D eigenvalue weighted by atomic mass is 15.1. The molecule has 1 saturated heterocycles. The normalized spacial score (nSPS) is 25.5. The highest BCUT2D eigenvalue weighted by molar-refractivity contribution is 5.75. The minimum Gasteiger partial charge on any atom is -0.306 e. The van der Waals surface area contributed by atoms with Gasteiger partial charge in [0.15, 0.2) is 0 Å². The van der Waals surface area contributed by atoms with Gasteiger partial charge in [-0.25, -0.2) is 0 Å². The zero-order valence-electron chi connectivity index (χ0n) is 7.35. The fourth-order valence-corrected chi connectivity index (χ4v) is 1.22. The highest BCUT2D eigenvalue weighted by Gasteiger charge is 2.22. The smallest absolute Gasteiger partial charge is 0 e. The summed E-state index contributed by atoms with van der Waals surface area (Å²) in [5, 5.41) is 0. The molecule has 1 aliphatic rings. The Bertz CT molecular complexity index is 91.4. The van der Waals surface area contributed by atoms with Crippen LogP contribution >= 0.6 is 0 Å². The second kappa shape index (κ2) is 3.43. The van der Waals surface area contributed by atoms with Gasteiger partial charge in [0.25, 0.3) is 0 Å². The lowest BCUT2D eigenvalue weighted by atomic mass is 9.83. The molecule has 3 radical (unpaired) electrons. The van der Waals surface area contributed by atoms with Crippen molar-refractivity contribution < 1.29 is 0 Å². The van der Waals surface area contributed by atoms with Gasteiger partial charge in [-0.3, -0.25) is 0 Å². The predicted octanol–water partition coefficient (Wildman–Crippen LogP) is 1.36. The summed E-state index contributed by atoms with van der Waals surface area (Å²) >= 11 is 0. The Kier molecular flexibility index (Phi) is 3.43. The molecule has 1 nitrogen and oxygen atoms in total. The summed E-state index contributed by atoms with van der Waals surface area (Å²) in [6, 6.07) is 0. The summed E-state index contributed by atoms with van der Waals surface area (Å²) in [6.07, 6.45) is 2.73. The molecular weight excluding hydrogens is 121 g/mol. The average Bonchev–Trinajstić information content (AvgIpc) is 1.78. The van der Waals surface area contributed by atoms with Crippen molar-refractivity contribution in [1.29, 1.82) is 0 Å². The first-order valence-corrected chi connectivity index (χ1v) is 3.79. The molecule has 57 valence electrons. The number of nitrogens with zero attached hydrogens (tertiary/aromatic N) is 1. The molecule has 0 atom stereocenters. The number of piperidine rings is 1. The summed E-state index contributed by atoms with van der Waals surface area (Å²) in [6.45, 7) is 7.29. The second-order valence-corrected chi connectivity index (χ2v) is 3.97. The molecule has 1 heterocycles. The zero-order chi connectivity index (χ0) is 6.91. The van der Waals surface area contributed by atoms with Crippen molar-refractivity contribution in [3.8, 4) is 0 Å². The second-order valence-electron chi connectivity index (χ2n) is 3.97. The summed E-state index contributed by atoms with van der Waals surface area (Å²) < 4.78 is 0. The maximum atomic E-state index is 2.41. The van der Waals surface area contributed by atoms with Gasteiger partial charge in [-0.1, -0.05) is 13.8 Å². The lowest BCUT2D eigenvalue weighted by Crippen LogP contribution is -2.34. The minimum atomic E-state index is 0. The molecule has 0 spiro atoms. The quantitative estimate of drug-likeness (QED) is 0.457. The third-order valence-electron chi connectivity index (χ3n) is 2.34. The van der Waals surface area contributed by atoms with Crippen LogP contribution in [0.2, 0.25) is 0 Å². The van der Waals surface area contributed by atoms with Crippen LogP contribution in [0.3, 0.4) is 0 Å². The van der Waals surface area contributed by atoms with Gasteiger partial charge >= 0.3 is 0 Å². The Morgan fingerprint density at radius 2 is 1.50 bits per heavy atom. The topological polar surface area (TPSA) is 3.24 Å². The van der Waals surface area contributed by atoms with Crippen molar-refractivity contribution in [2.45, 2.75) is 26.7 Å². The van der Waals surface area contributed by atoms with E-state index in [9.17, 15) is 0 Å². The maximum absolute atomic E-state index is 2.41. The van der Waals surface area contributed by atoms with Gasteiger partial charge in [0.05, 0.1) is 0 Å². The van der Waals surface area contributed by atoms with Gasteiger partial charge < -0.3 is 4.90 Å². The van der Waals surface area contributed by atoms with E-state index in [2.05, 4.69) is 25.8 Å². The first-order valence-electron chi connectivity index (χ1n) is 3.79. The number of rotatable bonds is 0. The molecule has 1 fully saturated rings. The fraction of sp³-hybridized carbons (Fsp3) is 1.00. The third kappa shape index (κ3) is 2.74. The number of likely N-dealkylation sites (tertiary alicyclic amines) is 1. The van der Waals surface area contributed by atoms with E-state index < -0.39 is 0 Å². The van der Waals surface area contributed by atoms with E-state index in [-0.39, 0.29) is 8.41 Å². The van der Waals surface area contributed by atoms with Crippen LogP contribution in [0.25, 0.3) is 0 Å². The zero-order valence-corrected chi connectivity index (χ0v) is 7.35. The lowest BCUT2D eigenvalue weighted by Gasteiger charge is -2.34. The molecule has 10 heavy (non-hydrogen) atoms. The van der Waals surface area contributed by atoms with Crippen LogP contribution in [0.5, 0.6) is 0 Å². The lowest BCUT2D eigenvalue weighted by molar-refractivity contribution is 0.157. The maximum Gasteiger partial charge on any atom is 0 e. The highest BCUT2D eigenvalue weighted by Crippen LogP contribution is 2.28. The van der Waals surface area contributed by atoms with Crippen LogP contribution in [-0.4, -0.2) is 33.5 Å². The molecule has 0 unspecified atom stereocenters. The molecule has 2 heteroatoms. The van der Waals surface area contributed by atoms with E-state index in [4.69, 9.17) is 0 Å². The number of hydrogen-bond acceptors (Lipinski definition) is 1. The summed E-state index contributed by atoms with van der Waals surface area (Å²) in [4.78, 5) is 2.41. The molecule has 1 rings (SSSR count). The Labute approximate surface area is 66.4 Å². The van der Waals surface area contributed by atoms with E-state index in [1.807, 2.05) is 0 Å². The van der Waals surface area contributed by atoms with Gasteiger partial charge in [0, 0.05) is 8.41 Å². The van der Waals surface area contributed by atoms with E-state index >= 15 is 0 Å². The van der Waals surface area contributed by atoms with Gasteiger partial charge in [0.1, 0.15) is 0 Å². The minimum absolute atomic E-state index is 0. The van der Waals surface area contributed by atoms with E-state index in [0.717, 1.165) is 0 Å². The molecule has 0 bridgehead atoms. The van der Waals surface area contributed by atoms with Crippen molar-refractivity contribution in [1.82, 2.24) is 4.90 Å². The molecule has 0 aliphatic carbocycles. The molecule has 0 saturated carbocycles. The monoisotopic (exact) mass is 138 g/mol. The Hall–Kier alpha value is 0.0249. The average molecular weight is 138 g/mol. The summed E-state index contributed by atoms with van der Waals surface area (Å²) in [5.74, 6) is 0. The van der Waals surface area contributed by atoms with E-state index in [0.29, 0.717) is 5.41 Å². The van der Waals surface area contributed by atoms with Crippen LogP contribution in [0.15, 0.2) is 0 Å². The van der Waals surface area contributed by atoms with Gasteiger partial charge in [-0.2, -0.15) is 0 Å². The van der Waals surface area contributed by atoms with Crippen molar-refractivity contribution in [2.75, 3.05) is 20.1 Å². The molecule has 0 aromatic heterocycles. The standard InChI is InChI=1S/C8H17N.B/c1-8(2)4-6-9(3)7-5-8;/h4-7H2,1-3H3;. The van der Waals surface area contributed by atoms with Gasteiger partial charge in [-0.05, 0) is 38.4 Å². The Balaban J connectivity index is 0.000000810. The summed E-state index contributed by atoms with van der Waals surface area (Å²) in [5.41, 5.74) is 0.618. The van der Waals surface area contributed by atoms with Crippen molar-refractivity contribution >= 4 is 8.41 Å². The molecule has 0 amide bonds. The van der Waals surface area contributed by atoms with E-state index in [1.54, 1.807) is 0 Å². The van der Waals surface area contributed by atoms with Crippen LogP contribution in [0.4, 0.5) is 0 Å². The number of hydrogen-bond donors (Lipinski definition) is 0. The van der Waals surface area contributed by atoms with Crippen LogP contribution in [0, 0.1) is 5.41 Å². The first kappa shape index (κ1) is 10.0. The third-order valence-corrected chi connectivity index (χ3v) is 2.34. The van der Waals surface area contributed by atoms with Crippen LogP contribution in [0.1, 0.15) is 26.7 Å². The largest absolute Gasteiger partial charge is 0.306 e. The van der Waals surface area contributed by atoms with Gasteiger partial charge in [0.2, 0.25) is 0 Å². The van der Waals surface area contributed by atoms with Crippen molar-refractivity contribution in [3.63, 3.8) is 0 Å². The van der Waals surface area contributed by atoms with Crippen molar-refractivity contribution in [2.24, 2.45) is 5.41 Å². The Morgan fingerprint density at radius 3 is 1.80 bits per heavy atom. The fourth-order valence-electron chi connectivity index (χ4n) is 1.22. The first-order chi connectivity index (χ1) is 4.10. The molecule has 0 aromatic carbocycles. The summed E-state index contributed by atoms with van der Waals surface area (Å²) in [7, 11) is 2.20. The molecule has 0 aromatic rings. The van der Waals surface area contributed by atoms with Crippen LogP contribution < -0.4 is 0 Å². The molecular formula is C8H17BN. The predicted molar refractivity (Wildman–Crippen MR) is 46.3 cm³/mol. The van der Waals surface area contributed by atoms with E-state index in [1.165, 1.54) is 25.9 Å². The molecule has 0 N–H and O–H groups in total. The SMILES string of the molecule is CN1CCC(C)(C)CC1.[B]. The van der Waals surface area contributed by atoms with Gasteiger partial charge in [-0.15, -0.1) is 0 Å². The Morgan fingerprint density at radius 1 is 1.10 bits per heavy atom. The van der Waals surface area contributed by atoms with Crippen molar-refractivity contribution in [3.05, 3.63) is 0 Å². The molecule has 1 aliphatic heterocycles.